The van der Waals surface area contributed by atoms with Crippen LogP contribution in [0.5, 0.6) is 0 Å². The minimum absolute atomic E-state index is 0.0518. The summed E-state index contributed by atoms with van der Waals surface area (Å²) in [5.74, 6) is 0. The molecule has 5 nitrogen and oxygen atoms in total. The van der Waals surface area contributed by atoms with Crippen molar-refractivity contribution in [1.82, 2.24) is 4.90 Å². The van der Waals surface area contributed by atoms with E-state index in [0.717, 1.165) is 23.5 Å². The Morgan fingerprint density at radius 3 is 2.60 bits per heavy atom. The van der Waals surface area contributed by atoms with E-state index >= 15 is 0 Å². The van der Waals surface area contributed by atoms with E-state index in [-0.39, 0.29) is 6.03 Å². The highest BCUT2D eigenvalue weighted by molar-refractivity contribution is 5.91. The Morgan fingerprint density at radius 1 is 1.08 bits per heavy atom. The zero-order valence-electron chi connectivity index (χ0n) is 15.4. The molecule has 0 bridgehead atoms. The molecule has 0 saturated carbocycles. The predicted octanol–water partition coefficient (Wildman–Crippen LogP) is 3.54. The highest BCUT2D eigenvalue weighted by Crippen LogP contribution is 2.27. The summed E-state index contributed by atoms with van der Waals surface area (Å²) in [4.78, 5) is 19.0. The predicted molar refractivity (Wildman–Crippen MR) is 105 cm³/mol. The van der Waals surface area contributed by atoms with Gasteiger partial charge < -0.3 is 20.0 Å². The fourth-order valence-electron chi connectivity index (χ4n) is 3.30. The molecular formula is C20H26N4O. The maximum Gasteiger partial charge on any atom is 0.322 e. The monoisotopic (exact) mass is 338 g/mol. The third-order valence-electron chi connectivity index (χ3n) is 4.79. The zero-order valence-corrected chi connectivity index (χ0v) is 15.4. The fraction of sp³-hybridized carbons (Fsp3) is 0.350. The second-order valence-electron chi connectivity index (χ2n) is 6.75. The lowest BCUT2D eigenvalue weighted by molar-refractivity contribution is 0.212. The van der Waals surface area contributed by atoms with Crippen LogP contribution in [-0.4, -0.2) is 45.2 Å². The van der Waals surface area contributed by atoms with Crippen LogP contribution in [0.15, 0.2) is 42.5 Å². The number of carbonyl (C=O) groups excluding carboxylic acids is 1. The van der Waals surface area contributed by atoms with E-state index in [1.54, 1.807) is 0 Å². The molecule has 2 aromatic carbocycles. The fourth-order valence-corrected chi connectivity index (χ4v) is 3.30. The summed E-state index contributed by atoms with van der Waals surface area (Å²) in [7, 11) is 6.09. The van der Waals surface area contributed by atoms with Crippen LogP contribution >= 0.6 is 0 Å². The molecule has 2 aromatic rings. The summed E-state index contributed by atoms with van der Waals surface area (Å²) in [6.07, 6.45) is 0. The third kappa shape index (κ3) is 3.55. The van der Waals surface area contributed by atoms with Gasteiger partial charge in [0, 0.05) is 57.8 Å². The molecule has 132 valence electrons. The molecule has 1 aliphatic heterocycles. The second-order valence-corrected chi connectivity index (χ2v) is 6.75. The highest BCUT2D eigenvalue weighted by Gasteiger charge is 2.21. The highest BCUT2D eigenvalue weighted by atomic mass is 16.2. The minimum Gasteiger partial charge on any atom is -0.377 e. The third-order valence-corrected chi connectivity index (χ3v) is 4.79. The largest absolute Gasteiger partial charge is 0.377 e. The lowest BCUT2D eigenvalue weighted by Gasteiger charge is -2.23. The molecule has 0 atom stereocenters. The number of para-hydroxylation sites is 1. The summed E-state index contributed by atoms with van der Waals surface area (Å²) >= 11 is 0. The number of nitrogens with zero attached hydrogens (tertiary/aromatic N) is 3. The molecule has 0 saturated heterocycles. The number of benzene rings is 2. The summed E-state index contributed by atoms with van der Waals surface area (Å²) in [6.45, 7) is 4.18. The average molecular weight is 338 g/mol. The second kappa shape index (κ2) is 7.05. The van der Waals surface area contributed by atoms with E-state index in [1.807, 2.05) is 50.2 Å². The van der Waals surface area contributed by atoms with Crippen molar-refractivity contribution in [3.63, 3.8) is 0 Å². The Labute approximate surface area is 149 Å². The SMILES string of the molecule is Cc1c(NC(=O)N2CCN(C)c3ccccc3C2)cccc1N(C)C. The number of nitrogens with one attached hydrogen (secondary N) is 1. The Balaban J connectivity index is 1.80. The first-order valence-corrected chi connectivity index (χ1v) is 8.59. The summed E-state index contributed by atoms with van der Waals surface area (Å²) in [5, 5.41) is 3.09. The van der Waals surface area contributed by atoms with E-state index in [9.17, 15) is 4.79 Å². The van der Waals surface area contributed by atoms with Crippen LogP contribution in [0.1, 0.15) is 11.1 Å². The quantitative estimate of drug-likeness (QED) is 0.910. The Morgan fingerprint density at radius 2 is 1.84 bits per heavy atom. The zero-order chi connectivity index (χ0) is 18.0. The van der Waals surface area contributed by atoms with E-state index in [1.165, 1.54) is 11.3 Å². The van der Waals surface area contributed by atoms with Gasteiger partial charge in [-0.25, -0.2) is 4.79 Å². The minimum atomic E-state index is -0.0518. The number of likely N-dealkylation sites (N-methyl/N-ethyl adjacent to an activating group) is 1. The van der Waals surface area contributed by atoms with Crippen LogP contribution < -0.4 is 15.1 Å². The number of urea groups is 1. The molecule has 0 aromatic heterocycles. The van der Waals surface area contributed by atoms with Crippen molar-refractivity contribution in [1.29, 1.82) is 0 Å². The van der Waals surface area contributed by atoms with Gasteiger partial charge in [0.15, 0.2) is 0 Å². The molecule has 2 amide bonds. The molecule has 0 unspecified atom stereocenters. The van der Waals surface area contributed by atoms with Gasteiger partial charge in [0.25, 0.3) is 0 Å². The maximum atomic E-state index is 12.9. The van der Waals surface area contributed by atoms with Crippen molar-refractivity contribution in [2.24, 2.45) is 0 Å². The van der Waals surface area contributed by atoms with Gasteiger partial charge >= 0.3 is 6.03 Å². The normalized spacial score (nSPS) is 13.9. The van der Waals surface area contributed by atoms with Crippen molar-refractivity contribution in [2.75, 3.05) is 49.3 Å². The first-order valence-electron chi connectivity index (χ1n) is 8.59. The standard InChI is InChI=1S/C20H26N4O/c1-15-17(9-7-11-18(15)22(2)3)21-20(25)24-13-12-23(4)19-10-6-5-8-16(19)14-24/h5-11H,12-14H2,1-4H3,(H,21,25). The van der Waals surface area contributed by atoms with Gasteiger partial charge in [-0.05, 0) is 36.2 Å². The number of anilines is 3. The molecule has 1 aliphatic rings. The van der Waals surface area contributed by atoms with E-state index in [2.05, 4.69) is 40.4 Å². The number of hydrogen-bond acceptors (Lipinski definition) is 3. The van der Waals surface area contributed by atoms with Gasteiger partial charge in [-0.2, -0.15) is 0 Å². The van der Waals surface area contributed by atoms with E-state index < -0.39 is 0 Å². The number of carbonyl (C=O) groups is 1. The number of amides is 2. The summed E-state index contributed by atoms with van der Waals surface area (Å²) in [5.41, 5.74) is 5.43. The van der Waals surface area contributed by atoms with Crippen molar-refractivity contribution >= 4 is 23.1 Å². The van der Waals surface area contributed by atoms with Gasteiger partial charge in [0.05, 0.1) is 0 Å². The molecule has 0 aliphatic carbocycles. The first-order chi connectivity index (χ1) is 12.0. The Kier molecular flexibility index (Phi) is 4.83. The first kappa shape index (κ1) is 17.1. The molecule has 1 heterocycles. The molecule has 0 radical (unpaired) electrons. The van der Waals surface area contributed by atoms with Crippen LogP contribution in [0.25, 0.3) is 0 Å². The van der Waals surface area contributed by atoms with Crippen LogP contribution in [0.3, 0.4) is 0 Å². The van der Waals surface area contributed by atoms with Crippen LogP contribution in [0.4, 0.5) is 21.9 Å². The molecule has 0 fully saturated rings. The number of rotatable bonds is 2. The molecule has 25 heavy (non-hydrogen) atoms. The molecule has 3 rings (SSSR count). The van der Waals surface area contributed by atoms with Crippen molar-refractivity contribution in [2.45, 2.75) is 13.5 Å². The Bertz CT molecular complexity index is 772. The van der Waals surface area contributed by atoms with Crippen molar-refractivity contribution in [3.8, 4) is 0 Å². The van der Waals surface area contributed by atoms with Gasteiger partial charge in [0.1, 0.15) is 0 Å². The van der Waals surface area contributed by atoms with Crippen molar-refractivity contribution in [3.05, 3.63) is 53.6 Å². The van der Waals surface area contributed by atoms with Crippen LogP contribution in [-0.2, 0) is 6.54 Å². The van der Waals surface area contributed by atoms with Crippen LogP contribution in [0.2, 0.25) is 0 Å². The smallest absolute Gasteiger partial charge is 0.322 e. The van der Waals surface area contributed by atoms with Crippen LogP contribution in [0, 0.1) is 6.92 Å². The van der Waals surface area contributed by atoms with E-state index in [0.29, 0.717) is 13.1 Å². The van der Waals surface area contributed by atoms with Gasteiger partial charge in [-0.1, -0.05) is 24.3 Å². The molecular weight excluding hydrogens is 312 g/mol. The lowest BCUT2D eigenvalue weighted by Crippen LogP contribution is -2.37. The van der Waals surface area contributed by atoms with Gasteiger partial charge in [0.2, 0.25) is 0 Å². The van der Waals surface area contributed by atoms with Gasteiger partial charge in [-0.3, -0.25) is 0 Å². The van der Waals surface area contributed by atoms with Crippen molar-refractivity contribution < 1.29 is 4.79 Å². The average Bonchev–Trinajstić information content (AvgIpc) is 2.76. The summed E-state index contributed by atoms with van der Waals surface area (Å²) < 4.78 is 0. The topological polar surface area (TPSA) is 38.8 Å². The number of hydrogen-bond donors (Lipinski definition) is 1. The van der Waals surface area contributed by atoms with E-state index in [4.69, 9.17) is 0 Å². The lowest BCUT2D eigenvalue weighted by atomic mass is 10.1. The maximum absolute atomic E-state index is 12.9. The Hall–Kier alpha value is -2.69. The number of fused-ring (bicyclic) bond motifs is 1. The molecule has 5 heteroatoms. The summed E-state index contributed by atoms with van der Waals surface area (Å²) in [6, 6.07) is 14.2. The molecule has 1 N–H and O–H groups in total. The molecule has 0 spiro atoms. The van der Waals surface area contributed by atoms with Gasteiger partial charge in [-0.15, -0.1) is 0 Å².